The molecule has 2 heterocycles. The van der Waals surface area contributed by atoms with E-state index in [0.717, 1.165) is 37.1 Å². The quantitative estimate of drug-likeness (QED) is 0.832. The molecular formula is C17H26N2O2. The van der Waals surface area contributed by atoms with Crippen LogP contribution in [0.1, 0.15) is 25.8 Å². The number of nitrogens with zero attached hydrogens (tertiary/aromatic N) is 2. The van der Waals surface area contributed by atoms with Gasteiger partial charge in [0.2, 0.25) is 6.79 Å². The Morgan fingerprint density at radius 3 is 2.48 bits per heavy atom. The third kappa shape index (κ3) is 3.89. The minimum Gasteiger partial charge on any atom is -0.454 e. The maximum atomic E-state index is 5.45. The Balaban J connectivity index is 1.47. The van der Waals surface area contributed by atoms with Crippen molar-refractivity contribution < 1.29 is 9.47 Å². The van der Waals surface area contributed by atoms with Gasteiger partial charge in [-0.2, -0.15) is 0 Å². The molecule has 0 N–H and O–H groups in total. The van der Waals surface area contributed by atoms with Gasteiger partial charge in [0.05, 0.1) is 0 Å². The summed E-state index contributed by atoms with van der Waals surface area (Å²) in [6.07, 6.45) is 1.31. The fourth-order valence-corrected chi connectivity index (χ4v) is 2.91. The molecule has 4 nitrogen and oxygen atoms in total. The molecule has 2 aliphatic rings. The summed E-state index contributed by atoms with van der Waals surface area (Å²) in [7, 11) is 0. The maximum Gasteiger partial charge on any atom is 0.231 e. The highest BCUT2D eigenvalue weighted by Crippen LogP contribution is 2.32. The van der Waals surface area contributed by atoms with Gasteiger partial charge in [0.1, 0.15) is 0 Å². The standard InChI is InChI=1S/C17H26N2O2/c1-14(2)5-6-18-7-9-19(10-8-18)12-15-3-4-16-17(11-15)21-13-20-16/h3-4,11,14H,5-10,12-13H2,1-2H3. The Morgan fingerprint density at radius 2 is 1.71 bits per heavy atom. The van der Waals surface area contributed by atoms with E-state index in [-0.39, 0.29) is 0 Å². The van der Waals surface area contributed by atoms with Gasteiger partial charge in [-0.15, -0.1) is 0 Å². The third-order valence-electron chi connectivity index (χ3n) is 4.33. The molecule has 0 bridgehead atoms. The highest BCUT2D eigenvalue weighted by atomic mass is 16.7. The first-order chi connectivity index (χ1) is 10.2. The van der Waals surface area contributed by atoms with E-state index in [1.54, 1.807) is 0 Å². The van der Waals surface area contributed by atoms with Crippen LogP contribution >= 0.6 is 0 Å². The monoisotopic (exact) mass is 290 g/mol. The van der Waals surface area contributed by atoms with Crippen LogP contribution in [0, 0.1) is 5.92 Å². The minimum atomic E-state index is 0.354. The molecule has 0 aromatic heterocycles. The summed E-state index contributed by atoms with van der Waals surface area (Å²) in [4.78, 5) is 5.12. The number of ether oxygens (including phenoxy) is 2. The smallest absolute Gasteiger partial charge is 0.231 e. The van der Waals surface area contributed by atoms with Crippen LogP contribution in [-0.2, 0) is 6.54 Å². The van der Waals surface area contributed by atoms with Crippen molar-refractivity contribution in [2.45, 2.75) is 26.8 Å². The Morgan fingerprint density at radius 1 is 1.00 bits per heavy atom. The lowest BCUT2D eigenvalue weighted by Crippen LogP contribution is -2.46. The van der Waals surface area contributed by atoms with Crippen LogP contribution in [0.4, 0.5) is 0 Å². The fraction of sp³-hybridized carbons (Fsp3) is 0.647. The zero-order chi connectivity index (χ0) is 14.7. The SMILES string of the molecule is CC(C)CCN1CCN(Cc2ccc3c(c2)OCO3)CC1. The molecule has 1 saturated heterocycles. The molecule has 116 valence electrons. The van der Waals surface area contributed by atoms with E-state index in [2.05, 4.69) is 35.8 Å². The Bertz CT molecular complexity index is 468. The second kappa shape index (κ2) is 6.67. The predicted octanol–water partition coefficient (Wildman–Crippen LogP) is 2.58. The number of hydrogen-bond acceptors (Lipinski definition) is 4. The molecular weight excluding hydrogens is 264 g/mol. The normalized spacial score (nSPS) is 19.4. The molecule has 0 radical (unpaired) electrons. The van der Waals surface area contributed by atoms with Crippen molar-refractivity contribution in [1.29, 1.82) is 0 Å². The van der Waals surface area contributed by atoms with Crippen molar-refractivity contribution in [1.82, 2.24) is 9.80 Å². The van der Waals surface area contributed by atoms with Gasteiger partial charge in [-0.05, 0) is 36.6 Å². The van der Waals surface area contributed by atoms with Gasteiger partial charge in [0.25, 0.3) is 0 Å². The Labute approximate surface area is 127 Å². The van der Waals surface area contributed by atoms with Gasteiger partial charge in [0, 0.05) is 32.7 Å². The molecule has 1 fully saturated rings. The molecule has 0 atom stereocenters. The summed E-state index contributed by atoms with van der Waals surface area (Å²) in [5.41, 5.74) is 1.31. The van der Waals surface area contributed by atoms with Gasteiger partial charge in [-0.25, -0.2) is 0 Å². The predicted molar refractivity (Wildman–Crippen MR) is 83.7 cm³/mol. The van der Waals surface area contributed by atoms with E-state index in [0.29, 0.717) is 6.79 Å². The summed E-state index contributed by atoms with van der Waals surface area (Å²) in [6, 6.07) is 6.29. The van der Waals surface area contributed by atoms with Crippen LogP contribution in [0.15, 0.2) is 18.2 Å². The lowest BCUT2D eigenvalue weighted by atomic mass is 10.1. The molecule has 0 spiro atoms. The molecule has 4 heteroatoms. The summed E-state index contributed by atoms with van der Waals surface area (Å²) >= 11 is 0. The highest BCUT2D eigenvalue weighted by Gasteiger charge is 2.18. The molecule has 0 saturated carbocycles. The van der Waals surface area contributed by atoms with Crippen LogP contribution in [0.2, 0.25) is 0 Å². The fourth-order valence-electron chi connectivity index (χ4n) is 2.91. The lowest BCUT2D eigenvalue weighted by Gasteiger charge is -2.35. The highest BCUT2D eigenvalue weighted by molar-refractivity contribution is 5.44. The van der Waals surface area contributed by atoms with Crippen molar-refractivity contribution >= 4 is 0 Å². The minimum absolute atomic E-state index is 0.354. The van der Waals surface area contributed by atoms with E-state index in [9.17, 15) is 0 Å². The van der Waals surface area contributed by atoms with Crippen LogP contribution in [0.25, 0.3) is 0 Å². The van der Waals surface area contributed by atoms with E-state index < -0.39 is 0 Å². The van der Waals surface area contributed by atoms with Crippen molar-refractivity contribution in [2.75, 3.05) is 39.5 Å². The molecule has 21 heavy (non-hydrogen) atoms. The van der Waals surface area contributed by atoms with Crippen molar-refractivity contribution in [3.63, 3.8) is 0 Å². The lowest BCUT2D eigenvalue weighted by molar-refractivity contribution is 0.123. The summed E-state index contributed by atoms with van der Waals surface area (Å²) in [5, 5.41) is 0. The third-order valence-corrected chi connectivity index (χ3v) is 4.33. The Hall–Kier alpha value is -1.26. The molecule has 0 unspecified atom stereocenters. The molecule has 1 aromatic carbocycles. The molecule has 0 aliphatic carbocycles. The summed E-state index contributed by atoms with van der Waals surface area (Å²) in [6.45, 7) is 11.9. The van der Waals surface area contributed by atoms with Crippen molar-refractivity contribution in [3.8, 4) is 11.5 Å². The average molecular weight is 290 g/mol. The topological polar surface area (TPSA) is 24.9 Å². The van der Waals surface area contributed by atoms with E-state index in [4.69, 9.17) is 9.47 Å². The molecule has 1 aromatic rings. The zero-order valence-corrected chi connectivity index (χ0v) is 13.2. The van der Waals surface area contributed by atoms with Crippen LogP contribution < -0.4 is 9.47 Å². The molecule has 3 rings (SSSR count). The maximum absolute atomic E-state index is 5.45. The summed E-state index contributed by atoms with van der Waals surface area (Å²) < 4.78 is 10.8. The van der Waals surface area contributed by atoms with Gasteiger partial charge in [-0.3, -0.25) is 4.90 Å². The molecule has 2 aliphatic heterocycles. The first-order valence-corrected chi connectivity index (χ1v) is 8.04. The average Bonchev–Trinajstić information content (AvgIpc) is 2.94. The van der Waals surface area contributed by atoms with Gasteiger partial charge in [0.15, 0.2) is 11.5 Å². The molecule has 0 amide bonds. The van der Waals surface area contributed by atoms with E-state index in [1.807, 2.05) is 6.07 Å². The first kappa shape index (κ1) is 14.7. The largest absolute Gasteiger partial charge is 0.454 e. The van der Waals surface area contributed by atoms with Gasteiger partial charge in [-0.1, -0.05) is 19.9 Å². The number of piperazine rings is 1. The van der Waals surface area contributed by atoms with E-state index in [1.165, 1.54) is 31.6 Å². The van der Waals surface area contributed by atoms with Crippen LogP contribution in [0.3, 0.4) is 0 Å². The van der Waals surface area contributed by atoms with E-state index >= 15 is 0 Å². The first-order valence-electron chi connectivity index (χ1n) is 8.04. The Kier molecular flexibility index (Phi) is 4.66. The van der Waals surface area contributed by atoms with Crippen LogP contribution in [0.5, 0.6) is 11.5 Å². The van der Waals surface area contributed by atoms with Crippen LogP contribution in [-0.4, -0.2) is 49.3 Å². The number of rotatable bonds is 5. The van der Waals surface area contributed by atoms with Gasteiger partial charge >= 0.3 is 0 Å². The second-order valence-electron chi connectivity index (χ2n) is 6.49. The van der Waals surface area contributed by atoms with Crippen molar-refractivity contribution in [3.05, 3.63) is 23.8 Å². The number of hydrogen-bond donors (Lipinski definition) is 0. The summed E-state index contributed by atoms with van der Waals surface area (Å²) in [5.74, 6) is 2.57. The number of benzene rings is 1. The van der Waals surface area contributed by atoms with Crippen molar-refractivity contribution in [2.24, 2.45) is 5.92 Å². The second-order valence-corrected chi connectivity index (χ2v) is 6.49. The zero-order valence-electron chi connectivity index (χ0n) is 13.2. The number of fused-ring (bicyclic) bond motifs is 1. The van der Waals surface area contributed by atoms with Gasteiger partial charge < -0.3 is 14.4 Å².